The lowest BCUT2D eigenvalue weighted by atomic mass is 10.1. The van der Waals surface area contributed by atoms with Gasteiger partial charge < -0.3 is 15.2 Å². The molecule has 0 aliphatic heterocycles. The minimum absolute atomic E-state index is 0.579. The van der Waals surface area contributed by atoms with E-state index in [0.717, 1.165) is 0 Å². The first kappa shape index (κ1) is 10.4. The zero-order chi connectivity index (χ0) is 10.6. The van der Waals surface area contributed by atoms with Crippen molar-refractivity contribution in [2.24, 2.45) is 5.73 Å². The first-order chi connectivity index (χ1) is 6.72. The number of hydrogen-bond donors (Lipinski definition) is 1. The number of methoxy groups -OCH3 is 2. The van der Waals surface area contributed by atoms with Crippen LogP contribution in [0.1, 0.15) is 11.6 Å². The van der Waals surface area contributed by atoms with Gasteiger partial charge in [-0.05, 0) is 17.7 Å². The molecule has 0 aromatic heterocycles. The summed E-state index contributed by atoms with van der Waals surface area (Å²) in [5, 5.41) is 8.63. The van der Waals surface area contributed by atoms with Gasteiger partial charge in [-0.25, -0.2) is 0 Å². The summed E-state index contributed by atoms with van der Waals surface area (Å²) in [6.45, 7) is 0. The van der Waals surface area contributed by atoms with Gasteiger partial charge in [0.25, 0.3) is 0 Å². The summed E-state index contributed by atoms with van der Waals surface area (Å²) in [4.78, 5) is 0. The first-order valence-electron chi connectivity index (χ1n) is 4.10. The van der Waals surface area contributed by atoms with Crippen molar-refractivity contribution in [1.82, 2.24) is 0 Å². The number of hydrogen-bond acceptors (Lipinski definition) is 4. The summed E-state index contributed by atoms with van der Waals surface area (Å²) in [6.07, 6.45) is 0. The average Bonchev–Trinajstić information content (AvgIpc) is 2.26. The average molecular weight is 192 g/mol. The van der Waals surface area contributed by atoms with Crippen molar-refractivity contribution in [3.63, 3.8) is 0 Å². The maximum Gasteiger partial charge on any atom is 0.161 e. The summed E-state index contributed by atoms with van der Waals surface area (Å²) in [6, 6.07) is 6.50. The van der Waals surface area contributed by atoms with Crippen LogP contribution in [0.25, 0.3) is 0 Å². The molecule has 74 valence electrons. The fourth-order valence-corrected chi connectivity index (χ4v) is 1.12. The van der Waals surface area contributed by atoms with Crippen LogP contribution in [0, 0.1) is 11.3 Å². The van der Waals surface area contributed by atoms with Crippen LogP contribution in [-0.2, 0) is 0 Å². The molecule has 0 heterocycles. The van der Waals surface area contributed by atoms with E-state index >= 15 is 0 Å². The molecule has 0 saturated heterocycles. The Morgan fingerprint density at radius 1 is 1.29 bits per heavy atom. The first-order valence-corrected chi connectivity index (χ1v) is 4.10. The molecule has 0 fully saturated rings. The normalized spacial score (nSPS) is 11.6. The van der Waals surface area contributed by atoms with Gasteiger partial charge in [-0.2, -0.15) is 5.26 Å². The van der Waals surface area contributed by atoms with Gasteiger partial charge in [-0.15, -0.1) is 0 Å². The third-order valence-corrected chi connectivity index (χ3v) is 1.91. The van der Waals surface area contributed by atoms with E-state index in [0.29, 0.717) is 17.1 Å². The molecule has 0 bridgehead atoms. The molecule has 1 aromatic rings. The van der Waals surface area contributed by atoms with Crippen LogP contribution in [-0.4, -0.2) is 14.2 Å². The summed E-state index contributed by atoms with van der Waals surface area (Å²) in [5.74, 6) is 1.21. The largest absolute Gasteiger partial charge is 0.493 e. The molecular formula is C10H12N2O2. The SMILES string of the molecule is COc1ccc(C(N)C#N)cc1OC. The molecule has 0 radical (unpaired) electrons. The summed E-state index contributed by atoms with van der Waals surface area (Å²) in [7, 11) is 3.10. The minimum Gasteiger partial charge on any atom is -0.493 e. The standard InChI is InChI=1S/C10H12N2O2/c1-13-9-4-3-7(8(12)6-11)5-10(9)14-2/h3-5,8H,12H2,1-2H3. The zero-order valence-corrected chi connectivity index (χ0v) is 8.15. The van der Waals surface area contributed by atoms with Crippen molar-refractivity contribution in [3.05, 3.63) is 23.8 Å². The highest BCUT2D eigenvalue weighted by atomic mass is 16.5. The lowest BCUT2D eigenvalue weighted by molar-refractivity contribution is 0.354. The van der Waals surface area contributed by atoms with E-state index in [2.05, 4.69) is 0 Å². The van der Waals surface area contributed by atoms with Gasteiger partial charge in [0.15, 0.2) is 11.5 Å². The maximum absolute atomic E-state index is 8.63. The van der Waals surface area contributed by atoms with Crippen molar-refractivity contribution < 1.29 is 9.47 Å². The number of nitrogens with zero attached hydrogens (tertiary/aromatic N) is 1. The van der Waals surface area contributed by atoms with Crippen LogP contribution in [0.15, 0.2) is 18.2 Å². The maximum atomic E-state index is 8.63. The Labute approximate surface area is 82.9 Å². The predicted molar refractivity (Wildman–Crippen MR) is 52.1 cm³/mol. The van der Waals surface area contributed by atoms with E-state index in [4.69, 9.17) is 20.5 Å². The van der Waals surface area contributed by atoms with Crippen LogP contribution in [0.3, 0.4) is 0 Å². The number of benzene rings is 1. The number of rotatable bonds is 3. The lowest BCUT2D eigenvalue weighted by Crippen LogP contribution is -2.07. The molecule has 0 saturated carbocycles. The fraction of sp³-hybridized carbons (Fsp3) is 0.300. The number of nitriles is 1. The van der Waals surface area contributed by atoms with Crippen molar-refractivity contribution in [1.29, 1.82) is 5.26 Å². The lowest BCUT2D eigenvalue weighted by Gasteiger charge is -2.10. The number of ether oxygens (including phenoxy) is 2. The Morgan fingerprint density at radius 2 is 1.93 bits per heavy atom. The van der Waals surface area contributed by atoms with E-state index in [1.807, 2.05) is 6.07 Å². The van der Waals surface area contributed by atoms with Gasteiger partial charge in [-0.3, -0.25) is 0 Å². The topological polar surface area (TPSA) is 68.3 Å². The molecule has 14 heavy (non-hydrogen) atoms. The van der Waals surface area contributed by atoms with E-state index in [1.165, 1.54) is 0 Å². The molecule has 1 unspecified atom stereocenters. The highest BCUT2D eigenvalue weighted by molar-refractivity contribution is 5.44. The van der Waals surface area contributed by atoms with Gasteiger partial charge in [-0.1, -0.05) is 6.07 Å². The Hall–Kier alpha value is -1.73. The Morgan fingerprint density at radius 3 is 2.43 bits per heavy atom. The van der Waals surface area contributed by atoms with Gasteiger partial charge in [0, 0.05) is 0 Å². The van der Waals surface area contributed by atoms with Crippen molar-refractivity contribution in [3.8, 4) is 17.6 Å². The van der Waals surface area contributed by atoms with Gasteiger partial charge in [0.05, 0.1) is 20.3 Å². The molecule has 4 heteroatoms. The van der Waals surface area contributed by atoms with Gasteiger partial charge >= 0.3 is 0 Å². The third-order valence-electron chi connectivity index (χ3n) is 1.91. The van der Waals surface area contributed by atoms with Crippen LogP contribution < -0.4 is 15.2 Å². The molecular weight excluding hydrogens is 180 g/mol. The molecule has 0 aliphatic rings. The monoisotopic (exact) mass is 192 g/mol. The van der Waals surface area contributed by atoms with E-state index in [1.54, 1.807) is 32.4 Å². The van der Waals surface area contributed by atoms with Crippen LogP contribution in [0.2, 0.25) is 0 Å². The van der Waals surface area contributed by atoms with Crippen molar-refractivity contribution in [2.45, 2.75) is 6.04 Å². The Bertz CT molecular complexity index is 358. The molecule has 4 nitrogen and oxygen atoms in total. The van der Waals surface area contributed by atoms with E-state index < -0.39 is 6.04 Å². The number of nitrogens with two attached hydrogens (primary N) is 1. The van der Waals surface area contributed by atoms with Crippen molar-refractivity contribution >= 4 is 0 Å². The fourth-order valence-electron chi connectivity index (χ4n) is 1.12. The Kier molecular flexibility index (Phi) is 3.32. The summed E-state index contributed by atoms with van der Waals surface area (Å²) >= 11 is 0. The van der Waals surface area contributed by atoms with Crippen LogP contribution >= 0.6 is 0 Å². The van der Waals surface area contributed by atoms with Crippen LogP contribution in [0.5, 0.6) is 11.5 Å². The highest BCUT2D eigenvalue weighted by Gasteiger charge is 2.09. The molecule has 0 aliphatic carbocycles. The van der Waals surface area contributed by atoms with Crippen molar-refractivity contribution in [2.75, 3.05) is 14.2 Å². The second-order valence-corrected chi connectivity index (χ2v) is 2.72. The molecule has 2 N–H and O–H groups in total. The molecule has 0 spiro atoms. The van der Waals surface area contributed by atoms with E-state index in [9.17, 15) is 0 Å². The quantitative estimate of drug-likeness (QED) is 0.782. The van der Waals surface area contributed by atoms with Crippen LogP contribution in [0.4, 0.5) is 0 Å². The second-order valence-electron chi connectivity index (χ2n) is 2.72. The van der Waals surface area contributed by atoms with Gasteiger partial charge in [0.1, 0.15) is 6.04 Å². The zero-order valence-electron chi connectivity index (χ0n) is 8.15. The highest BCUT2D eigenvalue weighted by Crippen LogP contribution is 2.29. The van der Waals surface area contributed by atoms with Gasteiger partial charge in [0.2, 0.25) is 0 Å². The molecule has 1 atom stereocenters. The Balaban J connectivity index is 3.08. The molecule has 1 rings (SSSR count). The predicted octanol–water partition coefficient (Wildman–Crippen LogP) is 1.23. The third kappa shape index (κ3) is 1.95. The summed E-state index contributed by atoms with van der Waals surface area (Å²) < 4.78 is 10.1. The molecule has 0 amide bonds. The second kappa shape index (κ2) is 4.49. The molecule has 1 aromatic carbocycles. The smallest absolute Gasteiger partial charge is 0.161 e. The van der Waals surface area contributed by atoms with E-state index in [-0.39, 0.29) is 0 Å². The summed E-state index contributed by atoms with van der Waals surface area (Å²) in [5.41, 5.74) is 6.27. The minimum atomic E-state index is -0.630.